The fourth-order valence-corrected chi connectivity index (χ4v) is 5.50. The van der Waals surface area contributed by atoms with E-state index in [-0.39, 0.29) is 11.3 Å². The molecule has 0 saturated carbocycles. The van der Waals surface area contributed by atoms with E-state index in [4.69, 9.17) is 14.7 Å². The van der Waals surface area contributed by atoms with E-state index in [1.165, 1.54) is 6.08 Å². The van der Waals surface area contributed by atoms with Gasteiger partial charge in [-0.2, -0.15) is 0 Å². The normalized spacial score (nSPS) is 20.5. The summed E-state index contributed by atoms with van der Waals surface area (Å²) >= 11 is 0. The number of anilines is 4. The second-order valence-electron chi connectivity index (χ2n) is 10.8. The number of hydrogen-bond donors (Lipinski definition) is 2. The molecule has 0 bridgehead atoms. The summed E-state index contributed by atoms with van der Waals surface area (Å²) in [7, 11) is 5.88. The van der Waals surface area contributed by atoms with Gasteiger partial charge in [-0.15, -0.1) is 0 Å². The number of carbonyl (C=O) groups excluding carboxylic acids is 1. The van der Waals surface area contributed by atoms with Crippen molar-refractivity contribution in [2.24, 2.45) is 10.4 Å². The Morgan fingerprint density at radius 3 is 2.75 bits per heavy atom. The number of methoxy groups -OCH3 is 1. The zero-order valence-corrected chi connectivity index (χ0v) is 23.6. The minimum absolute atomic E-state index is 0.157. The molecule has 9 heteroatoms. The lowest BCUT2D eigenvalue weighted by molar-refractivity contribution is -0.111. The quantitative estimate of drug-likeness (QED) is 0.445. The summed E-state index contributed by atoms with van der Waals surface area (Å²) < 4.78 is 5.78. The van der Waals surface area contributed by atoms with Crippen molar-refractivity contribution in [2.45, 2.75) is 32.2 Å². The van der Waals surface area contributed by atoms with Crippen LogP contribution in [-0.2, 0) is 4.79 Å². The van der Waals surface area contributed by atoms with Crippen molar-refractivity contribution in [2.75, 3.05) is 49.8 Å². The summed E-state index contributed by atoms with van der Waals surface area (Å²) in [5.41, 5.74) is 4.98. The van der Waals surface area contributed by atoms with Crippen LogP contribution in [0.25, 0.3) is 5.57 Å². The highest BCUT2D eigenvalue weighted by Crippen LogP contribution is 2.41. The van der Waals surface area contributed by atoms with Crippen LogP contribution < -0.4 is 20.3 Å². The van der Waals surface area contributed by atoms with Crippen LogP contribution in [0, 0.1) is 5.41 Å². The Bertz CT molecular complexity index is 1420. The van der Waals surface area contributed by atoms with Crippen molar-refractivity contribution >= 4 is 40.2 Å². The third-order valence-electron chi connectivity index (χ3n) is 7.86. The number of allylic oxidation sites excluding steroid dienone is 5. The lowest BCUT2D eigenvalue weighted by atomic mass is 9.75. The molecule has 2 aliphatic heterocycles. The molecule has 9 nitrogen and oxygen atoms in total. The second-order valence-corrected chi connectivity index (χ2v) is 10.8. The maximum atomic E-state index is 12.4. The van der Waals surface area contributed by atoms with Gasteiger partial charge in [-0.05, 0) is 63.2 Å². The van der Waals surface area contributed by atoms with E-state index in [0.29, 0.717) is 29.1 Å². The predicted molar refractivity (Wildman–Crippen MR) is 162 cm³/mol. The van der Waals surface area contributed by atoms with Gasteiger partial charge in [0.25, 0.3) is 0 Å². The molecule has 0 radical (unpaired) electrons. The van der Waals surface area contributed by atoms with Crippen molar-refractivity contribution in [3.63, 3.8) is 0 Å². The topological polar surface area (TPSA) is 95.0 Å². The summed E-state index contributed by atoms with van der Waals surface area (Å²) in [4.78, 5) is 30.9. The smallest absolute Gasteiger partial charge is 0.247 e. The Hall–Kier alpha value is -4.24. The van der Waals surface area contributed by atoms with Gasteiger partial charge >= 0.3 is 0 Å². The van der Waals surface area contributed by atoms with Crippen molar-refractivity contribution in [3.8, 4) is 5.75 Å². The van der Waals surface area contributed by atoms with Gasteiger partial charge in [0.15, 0.2) is 0 Å². The van der Waals surface area contributed by atoms with Crippen LogP contribution in [-0.4, -0.2) is 66.8 Å². The van der Waals surface area contributed by atoms with Gasteiger partial charge in [0.05, 0.1) is 35.6 Å². The van der Waals surface area contributed by atoms with Crippen LogP contribution in [0.3, 0.4) is 0 Å². The number of ether oxygens (including phenoxy) is 1. The average molecular weight is 540 g/mol. The van der Waals surface area contributed by atoms with Gasteiger partial charge in [0.1, 0.15) is 5.75 Å². The number of amides is 1. The number of hydrogen-bond acceptors (Lipinski definition) is 8. The van der Waals surface area contributed by atoms with E-state index in [0.717, 1.165) is 55.0 Å². The Morgan fingerprint density at radius 1 is 1.23 bits per heavy atom. The summed E-state index contributed by atoms with van der Waals surface area (Å²) in [5.74, 6) is 0.785. The molecular formula is C31H37N7O2. The summed E-state index contributed by atoms with van der Waals surface area (Å²) in [6.45, 7) is 7.57. The van der Waals surface area contributed by atoms with E-state index in [1.807, 2.05) is 30.5 Å². The Morgan fingerprint density at radius 2 is 2.02 bits per heavy atom. The van der Waals surface area contributed by atoms with Crippen LogP contribution >= 0.6 is 0 Å². The Labute approximate surface area is 236 Å². The van der Waals surface area contributed by atoms with Crippen molar-refractivity contribution in [3.05, 3.63) is 73.2 Å². The SMILES string of the molecule is C=CC(=O)Nc1cc(Nc2nccc(C3=CN=C4C=CC=CC4(C)C3)n2)c(OC)cc1N1CCC(N(C)C)CC1. The van der Waals surface area contributed by atoms with Gasteiger partial charge in [-0.1, -0.05) is 31.7 Å². The molecule has 5 rings (SSSR count). The first-order valence-corrected chi connectivity index (χ1v) is 13.6. The first-order valence-electron chi connectivity index (χ1n) is 13.6. The van der Waals surface area contributed by atoms with Crippen LogP contribution in [0.4, 0.5) is 23.0 Å². The number of carbonyl (C=O) groups is 1. The summed E-state index contributed by atoms with van der Waals surface area (Å²) in [6, 6.07) is 6.28. The maximum Gasteiger partial charge on any atom is 0.247 e. The largest absolute Gasteiger partial charge is 0.494 e. The molecular weight excluding hydrogens is 502 g/mol. The fourth-order valence-electron chi connectivity index (χ4n) is 5.50. The summed E-state index contributed by atoms with van der Waals surface area (Å²) in [6.07, 6.45) is 16.1. The van der Waals surface area contributed by atoms with E-state index in [1.54, 1.807) is 13.3 Å². The van der Waals surface area contributed by atoms with E-state index >= 15 is 0 Å². The molecule has 1 aromatic heterocycles. The van der Waals surface area contributed by atoms with Crippen molar-refractivity contribution in [1.29, 1.82) is 0 Å². The average Bonchev–Trinajstić information content (AvgIpc) is 2.96. The monoisotopic (exact) mass is 539 g/mol. The van der Waals surface area contributed by atoms with Crippen molar-refractivity contribution in [1.82, 2.24) is 14.9 Å². The maximum absolute atomic E-state index is 12.4. The number of aliphatic imine (C=N–C) groups is 1. The molecule has 208 valence electrons. The number of benzene rings is 1. The molecule has 3 aliphatic rings. The molecule has 2 aromatic rings. The molecule has 1 amide bonds. The lowest BCUT2D eigenvalue weighted by Gasteiger charge is -2.37. The molecule has 1 aliphatic carbocycles. The van der Waals surface area contributed by atoms with Gasteiger partial charge in [-0.25, -0.2) is 9.97 Å². The Balaban J connectivity index is 1.43. The number of nitrogens with one attached hydrogen (secondary N) is 2. The minimum Gasteiger partial charge on any atom is -0.494 e. The van der Waals surface area contributed by atoms with E-state index < -0.39 is 0 Å². The standard InChI is InChI=1S/C31H37N7O2/c1-6-29(39)34-24-17-25(27(40-5)18-26(24)38-15-11-22(12-16-38)37(3)4)36-30-32-14-10-23(35-30)21-19-31(2)13-8-7-9-28(31)33-20-21/h6-10,13-14,17-18,20,22H,1,11-12,15-16,19H2,2-5H3,(H,34,39)(H,32,35,36). The number of fused-ring (bicyclic) bond motifs is 1. The number of nitrogens with zero attached hydrogens (tertiary/aromatic N) is 5. The molecule has 1 aromatic carbocycles. The fraction of sp³-hybridized carbons (Fsp3) is 0.355. The summed E-state index contributed by atoms with van der Waals surface area (Å²) in [5, 5.41) is 6.30. The van der Waals surface area contributed by atoms with Crippen molar-refractivity contribution < 1.29 is 9.53 Å². The molecule has 1 atom stereocenters. The highest BCUT2D eigenvalue weighted by atomic mass is 16.5. The molecule has 1 saturated heterocycles. The van der Waals surface area contributed by atoms with Gasteiger partial charge < -0.3 is 25.2 Å². The van der Waals surface area contributed by atoms with Crippen LogP contribution in [0.5, 0.6) is 5.75 Å². The molecule has 1 unspecified atom stereocenters. The van der Waals surface area contributed by atoms with Crippen LogP contribution in [0.15, 0.2) is 72.5 Å². The Kier molecular flexibility index (Phi) is 7.84. The first kappa shape index (κ1) is 27.3. The lowest BCUT2D eigenvalue weighted by Crippen LogP contribution is -2.42. The zero-order valence-electron chi connectivity index (χ0n) is 23.6. The highest BCUT2D eigenvalue weighted by Gasteiger charge is 2.32. The zero-order chi connectivity index (χ0) is 28.3. The third kappa shape index (κ3) is 5.70. The van der Waals surface area contributed by atoms with Gasteiger partial charge in [0, 0.05) is 43.0 Å². The van der Waals surface area contributed by atoms with Crippen LogP contribution in [0.1, 0.15) is 31.9 Å². The minimum atomic E-state index is -0.275. The second kappa shape index (κ2) is 11.5. The number of aromatic nitrogens is 2. The van der Waals surface area contributed by atoms with E-state index in [2.05, 4.69) is 71.2 Å². The molecule has 1 fully saturated rings. The van der Waals surface area contributed by atoms with Crippen LogP contribution in [0.2, 0.25) is 0 Å². The molecule has 0 spiro atoms. The van der Waals surface area contributed by atoms with Gasteiger partial charge in [0.2, 0.25) is 11.9 Å². The predicted octanol–water partition coefficient (Wildman–Crippen LogP) is 5.20. The number of piperidine rings is 1. The van der Waals surface area contributed by atoms with Gasteiger partial charge in [-0.3, -0.25) is 9.79 Å². The third-order valence-corrected chi connectivity index (χ3v) is 7.86. The first-order chi connectivity index (χ1) is 19.3. The molecule has 40 heavy (non-hydrogen) atoms. The van der Waals surface area contributed by atoms with E-state index in [9.17, 15) is 4.79 Å². The molecule has 3 heterocycles. The molecule has 2 N–H and O–H groups in total. The highest BCUT2D eigenvalue weighted by molar-refractivity contribution is 6.05. The number of rotatable bonds is 8.